The molecule has 4 atom stereocenters. The first-order valence-electron chi connectivity index (χ1n) is 14.9. The number of carbonyl (C=O) groups is 4. The molecule has 0 aliphatic carbocycles. The van der Waals surface area contributed by atoms with Crippen molar-refractivity contribution in [1.29, 1.82) is 0 Å². The van der Waals surface area contributed by atoms with Crippen LogP contribution in [-0.2, 0) is 43.8 Å². The van der Waals surface area contributed by atoms with Crippen LogP contribution in [-0.4, -0.2) is 66.1 Å². The lowest BCUT2D eigenvalue weighted by atomic mass is 9.91. The maximum atomic E-state index is 12.6. The van der Waals surface area contributed by atoms with Crippen molar-refractivity contribution in [1.82, 2.24) is 20.6 Å². The van der Waals surface area contributed by atoms with E-state index in [0.29, 0.717) is 43.9 Å². The summed E-state index contributed by atoms with van der Waals surface area (Å²) in [5.74, 6) is -1.35. The van der Waals surface area contributed by atoms with Gasteiger partial charge in [-0.1, -0.05) is 19.6 Å². The molecule has 2 fully saturated rings. The molecule has 0 radical (unpaired) electrons. The summed E-state index contributed by atoms with van der Waals surface area (Å²) in [5, 5.41) is 37.5. The van der Waals surface area contributed by atoms with Gasteiger partial charge in [0.05, 0.1) is 11.3 Å². The molecule has 0 spiro atoms. The number of rotatable bonds is 11. The summed E-state index contributed by atoms with van der Waals surface area (Å²) in [6.07, 6.45) is 5.38. The van der Waals surface area contributed by atoms with E-state index in [-0.39, 0.29) is 55.1 Å². The van der Waals surface area contributed by atoms with Gasteiger partial charge in [0, 0.05) is 46.8 Å². The molecule has 0 aromatic carbocycles. The van der Waals surface area contributed by atoms with Gasteiger partial charge < -0.3 is 35.9 Å². The molecular formula is C33H39N4O7S+. The fourth-order valence-electron chi connectivity index (χ4n) is 6.45. The Bertz CT molecular complexity index is 1810. The molecule has 0 bridgehead atoms. The predicted molar refractivity (Wildman–Crippen MR) is 173 cm³/mol. The van der Waals surface area contributed by atoms with Gasteiger partial charge >= 0.3 is 11.9 Å². The third-order valence-corrected chi connectivity index (χ3v) is 10.2. The van der Waals surface area contributed by atoms with E-state index in [4.69, 9.17) is 0 Å². The summed E-state index contributed by atoms with van der Waals surface area (Å²) in [6.45, 7) is 11.1. The van der Waals surface area contributed by atoms with Gasteiger partial charge in [-0.05, 0) is 85.4 Å². The number of allylic oxidation sites excluding steroid dienone is 1. The van der Waals surface area contributed by atoms with Crippen molar-refractivity contribution in [3.05, 3.63) is 73.8 Å². The van der Waals surface area contributed by atoms with Gasteiger partial charge in [-0.2, -0.15) is 0 Å². The van der Waals surface area contributed by atoms with Crippen molar-refractivity contribution in [3.8, 4) is 0 Å². The van der Waals surface area contributed by atoms with E-state index in [1.807, 2.05) is 26.0 Å². The SMILES string of the molecule is C=CC1=C(C)[C@@H](/C(O)=c2/[nH]/c(=C\c3[nH]c(/C=C4\NC(=O)[C@H](C)[C@H]4[C@@H]4C[SH+]4)c(C)c3CCC(=O)O)c(CCC(=O)O)c2C)NC1=O. The van der Waals surface area contributed by atoms with Gasteiger partial charge in [0.15, 0.2) is 11.0 Å². The zero-order chi connectivity index (χ0) is 32.7. The van der Waals surface area contributed by atoms with Gasteiger partial charge in [0.1, 0.15) is 11.8 Å². The van der Waals surface area contributed by atoms with Crippen LogP contribution in [0.25, 0.3) is 17.9 Å². The third kappa shape index (κ3) is 6.24. The molecule has 2 aromatic rings. The van der Waals surface area contributed by atoms with E-state index >= 15 is 0 Å². The van der Waals surface area contributed by atoms with Gasteiger partial charge in [-0.3, -0.25) is 19.2 Å². The summed E-state index contributed by atoms with van der Waals surface area (Å²) in [5.41, 5.74) is 6.20. The van der Waals surface area contributed by atoms with Crippen LogP contribution < -0.4 is 21.3 Å². The van der Waals surface area contributed by atoms with Crippen molar-refractivity contribution < 1.29 is 34.5 Å². The highest BCUT2D eigenvalue weighted by molar-refractivity contribution is 7.86. The van der Waals surface area contributed by atoms with E-state index in [2.05, 4.69) is 27.2 Å². The van der Waals surface area contributed by atoms with Crippen molar-refractivity contribution in [2.75, 3.05) is 5.75 Å². The Morgan fingerprint density at radius 3 is 2.18 bits per heavy atom. The first-order chi connectivity index (χ1) is 21.3. The smallest absolute Gasteiger partial charge is 0.303 e. The Morgan fingerprint density at radius 1 is 0.956 bits per heavy atom. The second-order valence-electron chi connectivity index (χ2n) is 11.9. The molecule has 3 aliphatic rings. The fraction of sp³-hybridized carbons (Fsp3) is 0.394. The highest BCUT2D eigenvalue weighted by atomic mass is 32.2. The minimum absolute atomic E-state index is 0.00675. The minimum Gasteiger partial charge on any atom is -0.508 e. The summed E-state index contributed by atoms with van der Waals surface area (Å²) < 4.78 is 0. The van der Waals surface area contributed by atoms with Crippen molar-refractivity contribution in [2.24, 2.45) is 11.8 Å². The van der Waals surface area contributed by atoms with E-state index < -0.39 is 18.0 Å². The lowest BCUT2D eigenvalue weighted by molar-refractivity contribution is -0.138. The quantitative estimate of drug-likeness (QED) is 0.111. The third-order valence-electron chi connectivity index (χ3n) is 9.13. The number of carbonyl (C=O) groups excluding carboxylic acids is 2. The molecule has 11 nitrogen and oxygen atoms in total. The number of amides is 2. The molecule has 2 amide bonds. The maximum absolute atomic E-state index is 12.6. The van der Waals surface area contributed by atoms with E-state index in [9.17, 15) is 34.5 Å². The second-order valence-corrected chi connectivity index (χ2v) is 13.3. The molecule has 0 saturated carbocycles. The molecule has 7 N–H and O–H groups in total. The number of aliphatic hydroxyl groups excluding tert-OH is 1. The number of aliphatic hydroxyl groups is 1. The van der Waals surface area contributed by atoms with E-state index in [1.165, 1.54) is 17.8 Å². The lowest BCUT2D eigenvalue weighted by Gasteiger charge is -2.11. The molecule has 3 aliphatic heterocycles. The number of hydrogen-bond donors (Lipinski definition) is 7. The summed E-state index contributed by atoms with van der Waals surface area (Å²) in [4.78, 5) is 54.8. The van der Waals surface area contributed by atoms with Crippen LogP contribution >= 0.6 is 0 Å². The minimum atomic E-state index is -0.974. The summed E-state index contributed by atoms with van der Waals surface area (Å²) in [7, 11) is 0. The molecule has 238 valence electrons. The van der Waals surface area contributed by atoms with Gasteiger partial charge in [0.25, 0.3) is 5.91 Å². The van der Waals surface area contributed by atoms with Crippen LogP contribution in [0.1, 0.15) is 60.3 Å². The number of nitrogens with one attached hydrogen (secondary N) is 4. The summed E-state index contributed by atoms with van der Waals surface area (Å²) >= 11 is 1.33. The van der Waals surface area contributed by atoms with Crippen molar-refractivity contribution in [2.45, 2.75) is 64.7 Å². The topological polar surface area (TPSA) is 185 Å². The Labute approximate surface area is 264 Å². The van der Waals surface area contributed by atoms with Crippen LogP contribution in [0.15, 0.2) is 29.5 Å². The van der Waals surface area contributed by atoms with E-state index in [0.717, 1.165) is 28.3 Å². The zero-order valence-electron chi connectivity index (χ0n) is 25.7. The maximum Gasteiger partial charge on any atom is 0.303 e. The normalized spacial score (nSPS) is 24.7. The number of carboxylic acid groups (broad SMARTS) is 2. The number of hydrogen-bond acceptors (Lipinski definition) is 5. The van der Waals surface area contributed by atoms with Gasteiger partial charge in [0.2, 0.25) is 5.91 Å². The molecule has 0 unspecified atom stereocenters. The molecule has 5 heterocycles. The number of aromatic amines is 2. The highest BCUT2D eigenvalue weighted by Crippen LogP contribution is 2.38. The van der Waals surface area contributed by atoms with Gasteiger partial charge in [-0.25, -0.2) is 0 Å². The molecule has 12 heteroatoms. The van der Waals surface area contributed by atoms with E-state index in [1.54, 1.807) is 13.8 Å². The number of carboxylic acids is 2. The molecular weight excluding hydrogens is 596 g/mol. The molecule has 2 aromatic heterocycles. The zero-order valence-corrected chi connectivity index (χ0v) is 26.6. The average molecular weight is 636 g/mol. The second kappa shape index (κ2) is 12.5. The number of thiol groups is 1. The molecule has 5 rings (SSSR count). The Morgan fingerprint density at radius 2 is 1.60 bits per heavy atom. The van der Waals surface area contributed by atoms with Crippen LogP contribution in [0.5, 0.6) is 0 Å². The Kier molecular flexibility index (Phi) is 8.88. The number of aromatic nitrogens is 2. The average Bonchev–Trinajstić information content (AvgIpc) is 3.53. The molecule has 45 heavy (non-hydrogen) atoms. The fourth-order valence-corrected chi connectivity index (χ4v) is 7.44. The van der Waals surface area contributed by atoms with Crippen LogP contribution in [0.4, 0.5) is 0 Å². The predicted octanol–water partition coefficient (Wildman–Crippen LogP) is 1.41. The highest BCUT2D eigenvalue weighted by Gasteiger charge is 2.52. The van der Waals surface area contributed by atoms with Gasteiger partial charge in [-0.15, -0.1) is 0 Å². The van der Waals surface area contributed by atoms with Crippen LogP contribution in [0.3, 0.4) is 0 Å². The van der Waals surface area contributed by atoms with Crippen molar-refractivity contribution in [3.63, 3.8) is 0 Å². The van der Waals surface area contributed by atoms with Crippen LogP contribution in [0, 0.1) is 25.7 Å². The lowest BCUT2D eigenvalue weighted by Crippen LogP contribution is -2.33. The Hall–Kier alpha value is -4.45. The largest absolute Gasteiger partial charge is 0.508 e. The monoisotopic (exact) mass is 635 g/mol. The van der Waals surface area contributed by atoms with Crippen molar-refractivity contribution >= 4 is 53.4 Å². The molecule has 2 saturated heterocycles. The number of aliphatic carboxylic acids is 2. The summed E-state index contributed by atoms with van der Waals surface area (Å²) in [6, 6.07) is -0.775. The Balaban J connectivity index is 1.67. The first-order valence-corrected chi connectivity index (χ1v) is 16.1. The van der Waals surface area contributed by atoms with Crippen LogP contribution in [0.2, 0.25) is 0 Å². The standard InChI is InChI=1S/C33H38N4O7S/c1-6-18-15(3)30(37-33(18)44)31(42)29-16(4)20(8-10-27(40)41)23(35-29)12-22-19(7-9-26(38)39)14(2)21(34-22)11-24-28(25-13-45-25)17(5)32(43)36-24/h6,11-12,17,25,28,30,34-35,42H,1,7-10,13H2,2-5H3,(H,36,43)(H,37,44)(H,38,39)(H,40,41)/p+1/b23-12-,24-11-,31-29-/t17-,25+,28-,30+/m1/s1. The number of H-pyrrole nitrogens is 2. The first kappa shape index (κ1) is 32.0.